The van der Waals surface area contributed by atoms with E-state index in [1.807, 2.05) is 13.0 Å². The highest BCUT2D eigenvalue weighted by Gasteiger charge is 2.14. The zero-order valence-corrected chi connectivity index (χ0v) is 12.7. The number of aryl methyl sites for hydroxylation is 1. The van der Waals surface area contributed by atoms with E-state index >= 15 is 0 Å². The van der Waals surface area contributed by atoms with E-state index in [2.05, 4.69) is 26.2 Å². The molecule has 0 saturated heterocycles. The number of ether oxygens (including phenoxy) is 1. The van der Waals surface area contributed by atoms with Crippen LogP contribution in [0.2, 0.25) is 0 Å². The molecule has 1 amide bonds. The predicted octanol–water partition coefficient (Wildman–Crippen LogP) is 3.00. The molecule has 3 N–H and O–H groups in total. The Balaban J connectivity index is 2.28. The van der Waals surface area contributed by atoms with Gasteiger partial charge in [0.05, 0.1) is 30.2 Å². The Morgan fingerprint density at radius 3 is 2.85 bits per heavy atom. The molecule has 0 spiro atoms. The van der Waals surface area contributed by atoms with Crippen LogP contribution in [0.5, 0.6) is 5.75 Å². The second-order valence-electron chi connectivity index (χ2n) is 4.21. The van der Waals surface area contributed by atoms with Gasteiger partial charge < -0.3 is 15.8 Å². The Labute approximate surface area is 125 Å². The first-order chi connectivity index (χ1) is 9.52. The lowest BCUT2D eigenvalue weighted by atomic mass is 10.1. The van der Waals surface area contributed by atoms with Crippen LogP contribution in [0.4, 0.5) is 11.4 Å². The van der Waals surface area contributed by atoms with Gasteiger partial charge in [-0.1, -0.05) is 6.07 Å². The van der Waals surface area contributed by atoms with Crippen LogP contribution in [0.1, 0.15) is 15.9 Å². The number of pyridine rings is 1. The largest absolute Gasteiger partial charge is 0.494 e. The molecule has 0 saturated carbocycles. The number of hydrogen-bond acceptors (Lipinski definition) is 4. The van der Waals surface area contributed by atoms with E-state index in [-0.39, 0.29) is 5.91 Å². The number of para-hydroxylation sites is 1. The molecule has 0 atom stereocenters. The highest BCUT2D eigenvalue weighted by atomic mass is 79.9. The number of nitrogens with zero attached hydrogens (tertiary/aromatic N) is 1. The Bertz CT molecular complexity index is 659. The van der Waals surface area contributed by atoms with Crippen molar-refractivity contribution in [3.63, 3.8) is 0 Å². The highest BCUT2D eigenvalue weighted by molar-refractivity contribution is 9.10. The van der Waals surface area contributed by atoms with Crippen LogP contribution in [-0.4, -0.2) is 18.0 Å². The van der Waals surface area contributed by atoms with Crippen LogP contribution < -0.4 is 15.8 Å². The van der Waals surface area contributed by atoms with Gasteiger partial charge in [-0.3, -0.25) is 4.79 Å². The Hall–Kier alpha value is -2.08. The summed E-state index contributed by atoms with van der Waals surface area (Å²) < 4.78 is 5.92. The number of nitrogens with one attached hydrogen (secondary N) is 1. The number of benzene rings is 1. The van der Waals surface area contributed by atoms with Crippen molar-refractivity contribution in [1.82, 2.24) is 4.98 Å². The lowest BCUT2D eigenvalue weighted by Gasteiger charge is -2.11. The number of methoxy groups -OCH3 is 1. The molecule has 0 aliphatic heterocycles. The topological polar surface area (TPSA) is 77.2 Å². The zero-order valence-electron chi connectivity index (χ0n) is 11.1. The molecule has 2 rings (SSSR count). The summed E-state index contributed by atoms with van der Waals surface area (Å²) in [7, 11) is 1.48. The summed E-state index contributed by atoms with van der Waals surface area (Å²) in [6.07, 6.45) is 1.58. The minimum atomic E-state index is -0.294. The average Bonchev–Trinajstić information content (AvgIpc) is 2.42. The molecule has 1 aromatic heterocycles. The van der Waals surface area contributed by atoms with Gasteiger partial charge in [0.15, 0.2) is 5.75 Å². The summed E-state index contributed by atoms with van der Waals surface area (Å²) in [6.45, 7) is 1.90. The van der Waals surface area contributed by atoms with Gasteiger partial charge in [-0.05, 0) is 46.6 Å². The minimum Gasteiger partial charge on any atom is -0.494 e. The summed E-state index contributed by atoms with van der Waals surface area (Å²) in [4.78, 5) is 16.4. The van der Waals surface area contributed by atoms with Crippen molar-refractivity contribution in [2.24, 2.45) is 0 Å². The third-order valence-corrected chi connectivity index (χ3v) is 3.60. The molecule has 1 heterocycles. The summed E-state index contributed by atoms with van der Waals surface area (Å²) in [5, 5.41) is 2.77. The summed E-state index contributed by atoms with van der Waals surface area (Å²) in [6, 6.07) is 6.87. The highest BCUT2D eigenvalue weighted by Crippen LogP contribution is 2.27. The number of hydrogen-bond donors (Lipinski definition) is 2. The molecule has 0 bridgehead atoms. The van der Waals surface area contributed by atoms with E-state index in [9.17, 15) is 4.79 Å². The molecular weight excluding hydrogens is 322 g/mol. The van der Waals surface area contributed by atoms with Gasteiger partial charge in [0, 0.05) is 0 Å². The van der Waals surface area contributed by atoms with Crippen LogP contribution in [-0.2, 0) is 0 Å². The molecule has 0 fully saturated rings. The lowest BCUT2D eigenvalue weighted by Crippen LogP contribution is -2.14. The molecule has 0 aliphatic carbocycles. The molecule has 5 nitrogen and oxygen atoms in total. The number of halogens is 1. The average molecular weight is 336 g/mol. The SMILES string of the molecule is COc1c(N)cccc1C(=O)Nc1cnc(Br)c(C)c1. The quantitative estimate of drug-likeness (QED) is 0.667. The van der Waals surface area contributed by atoms with Crippen molar-refractivity contribution in [2.75, 3.05) is 18.2 Å². The predicted molar refractivity (Wildman–Crippen MR) is 82.0 cm³/mol. The van der Waals surface area contributed by atoms with Crippen molar-refractivity contribution in [2.45, 2.75) is 6.92 Å². The van der Waals surface area contributed by atoms with Gasteiger partial charge in [0.2, 0.25) is 0 Å². The standard InChI is InChI=1S/C14H14BrN3O2/c1-8-6-9(7-17-13(8)15)18-14(19)10-4-3-5-11(16)12(10)20-2/h3-7H,16H2,1-2H3,(H,18,19). The number of rotatable bonds is 3. The number of nitrogen functional groups attached to an aromatic ring is 1. The third-order valence-electron chi connectivity index (χ3n) is 2.77. The van der Waals surface area contributed by atoms with Crippen molar-refractivity contribution < 1.29 is 9.53 Å². The van der Waals surface area contributed by atoms with Gasteiger partial charge in [0.25, 0.3) is 5.91 Å². The molecular formula is C14H14BrN3O2. The number of carbonyl (C=O) groups excluding carboxylic acids is 1. The van der Waals surface area contributed by atoms with Gasteiger partial charge in [-0.2, -0.15) is 0 Å². The fourth-order valence-corrected chi connectivity index (χ4v) is 2.00. The second kappa shape index (κ2) is 5.92. The first kappa shape index (κ1) is 14.3. The summed E-state index contributed by atoms with van der Waals surface area (Å²) in [5.74, 6) is 0.0736. The van der Waals surface area contributed by atoms with Crippen molar-refractivity contribution in [3.8, 4) is 5.75 Å². The lowest BCUT2D eigenvalue weighted by molar-refractivity contribution is 0.102. The minimum absolute atomic E-state index is 0.294. The first-order valence-electron chi connectivity index (χ1n) is 5.89. The van der Waals surface area contributed by atoms with Crippen LogP contribution in [0.25, 0.3) is 0 Å². The number of carbonyl (C=O) groups is 1. The van der Waals surface area contributed by atoms with Crippen LogP contribution >= 0.6 is 15.9 Å². The zero-order chi connectivity index (χ0) is 14.7. The smallest absolute Gasteiger partial charge is 0.259 e. The number of aromatic nitrogens is 1. The Morgan fingerprint density at radius 1 is 1.45 bits per heavy atom. The van der Waals surface area contributed by atoms with E-state index in [1.54, 1.807) is 24.4 Å². The van der Waals surface area contributed by atoms with Gasteiger partial charge in [0.1, 0.15) is 4.60 Å². The van der Waals surface area contributed by atoms with Crippen LogP contribution in [0.15, 0.2) is 35.1 Å². The van der Waals surface area contributed by atoms with Crippen molar-refractivity contribution in [3.05, 3.63) is 46.2 Å². The number of nitrogens with two attached hydrogens (primary N) is 1. The molecule has 2 aromatic rings. The molecule has 0 unspecified atom stereocenters. The molecule has 6 heteroatoms. The van der Waals surface area contributed by atoms with Gasteiger partial charge in [-0.25, -0.2) is 4.98 Å². The fourth-order valence-electron chi connectivity index (χ4n) is 1.79. The number of anilines is 2. The third kappa shape index (κ3) is 2.91. The molecule has 20 heavy (non-hydrogen) atoms. The van der Waals surface area contributed by atoms with E-state index in [0.29, 0.717) is 22.7 Å². The van der Waals surface area contributed by atoms with E-state index in [0.717, 1.165) is 10.2 Å². The maximum atomic E-state index is 12.3. The van der Waals surface area contributed by atoms with Gasteiger partial charge >= 0.3 is 0 Å². The Morgan fingerprint density at radius 2 is 2.20 bits per heavy atom. The summed E-state index contributed by atoms with van der Waals surface area (Å²) >= 11 is 3.31. The normalized spacial score (nSPS) is 10.2. The second-order valence-corrected chi connectivity index (χ2v) is 4.97. The molecule has 104 valence electrons. The monoisotopic (exact) mass is 335 g/mol. The maximum absolute atomic E-state index is 12.3. The van der Waals surface area contributed by atoms with E-state index < -0.39 is 0 Å². The molecule has 0 aliphatic rings. The molecule has 0 radical (unpaired) electrons. The van der Waals surface area contributed by atoms with Crippen LogP contribution in [0, 0.1) is 6.92 Å². The maximum Gasteiger partial charge on any atom is 0.259 e. The van der Waals surface area contributed by atoms with Crippen molar-refractivity contribution in [1.29, 1.82) is 0 Å². The van der Waals surface area contributed by atoms with Crippen LogP contribution in [0.3, 0.4) is 0 Å². The van der Waals surface area contributed by atoms with Crippen molar-refractivity contribution >= 4 is 33.2 Å². The first-order valence-corrected chi connectivity index (χ1v) is 6.68. The number of amides is 1. The van der Waals surface area contributed by atoms with E-state index in [1.165, 1.54) is 7.11 Å². The molecule has 1 aromatic carbocycles. The summed E-state index contributed by atoms with van der Waals surface area (Å²) in [5.41, 5.74) is 8.13. The van der Waals surface area contributed by atoms with Gasteiger partial charge in [-0.15, -0.1) is 0 Å². The van der Waals surface area contributed by atoms with E-state index in [4.69, 9.17) is 10.5 Å². The Kier molecular flexibility index (Phi) is 4.24. The fraction of sp³-hybridized carbons (Fsp3) is 0.143.